The van der Waals surface area contributed by atoms with Crippen molar-refractivity contribution in [1.82, 2.24) is 14.6 Å². The second kappa shape index (κ2) is 11.1. The highest BCUT2D eigenvalue weighted by Gasteiger charge is 2.54. The van der Waals surface area contributed by atoms with Crippen LogP contribution in [-0.2, 0) is 23.4 Å². The smallest absolute Gasteiger partial charge is 0.459 e. The summed E-state index contributed by atoms with van der Waals surface area (Å²) in [5.74, 6) is -0.573. The fourth-order valence-corrected chi connectivity index (χ4v) is 5.05. The number of esters is 1. The number of hydrogen-bond donors (Lipinski definition) is 3. The Labute approximate surface area is 204 Å². The number of H-pyrrole nitrogens is 1. The number of para-hydroxylation sites is 1. The summed E-state index contributed by atoms with van der Waals surface area (Å²) in [7, 11) is -3.11. The molecule has 0 aliphatic carbocycles. The summed E-state index contributed by atoms with van der Waals surface area (Å²) in [5.41, 5.74) is 5.82. The summed E-state index contributed by atoms with van der Waals surface area (Å²) in [6.07, 6.45) is -3.04. The molecule has 1 aromatic carbocycles. The van der Waals surface area contributed by atoms with Gasteiger partial charge < -0.3 is 19.1 Å². The van der Waals surface area contributed by atoms with E-state index in [0.29, 0.717) is 0 Å². The van der Waals surface area contributed by atoms with Gasteiger partial charge in [-0.15, -0.1) is 0 Å². The highest BCUT2D eigenvalue weighted by atomic mass is 31.2. The van der Waals surface area contributed by atoms with Gasteiger partial charge in [0.1, 0.15) is 23.4 Å². The summed E-state index contributed by atoms with van der Waals surface area (Å²) in [4.78, 5) is 40.5. The van der Waals surface area contributed by atoms with Gasteiger partial charge in [0.15, 0.2) is 6.23 Å². The minimum Gasteiger partial charge on any atom is -0.468 e. The fourth-order valence-electron chi connectivity index (χ4n) is 3.54. The number of aliphatic hydroxyl groups is 1. The molecular formula is C20H25N6O9P. The maximum absolute atomic E-state index is 13.5. The SMILES string of the molecule is COC(=O)[C@H](C)NP(=O)(OC[C@H]1OC(n2ccc(=O)[nH]c2=O)[C@](C)(N=[N+]=[N-])[C@@H]1O)Oc1ccccc1. The molecule has 1 aromatic heterocycles. The summed E-state index contributed by atoms with van der Waals surface area (Å²) < 4.78 is 35.9. The number of aromatic amines is 1. The number of azide groups is 1. The first-order chi connectivity index (χ1) is 17.0. The van der Waals surface area contributed by atoms with Gasteiger partial charge in [0.05, 0.1) is 19.8 Å². The molecule has 2 unspecified atom stereocenters. The molecule has 1 saturated heterocycles. The molecular weight excluding hydrogens is 499 g/mol. The number of methoxy groups -OCH3 is 1. The number of aliphatic hydroxyl groups excluding tert-OH is 1. The molecule has 1 fully saturated rings. The number of carbonyl (C=O) groups excluding carboxylic acids is 1. The molecule has 1 aliphatic rings. The molecule has 2 heterocycles. The molecule has 36 heavy (non-hydrogen) atoms. The van der Waals surface area contributed by atoms with Crippen molar-refractivity contribution in [1.29, 1.82) is 0 Å². The first kappa shape index (κ1) is 27.1. The van der Waals surface area contributed by atoms with Gasteiger partial charge in [-0.3, -0.25) is 23.7 Å². The molecule has 3 rings (SSSR count). The second-order valence-electron chi connectivity index (χ2n) is 7.98. The van der Waals surface area contributed by atoms with Crippen molar-refractivity contribution in [3.05, 3.63) is 73.9 Å². The lowest BCUT2D eigenvalue weighted by atomic mass is 9.93. The lowest BCUT2D eigenvalue weighted by molar-refractivity contribution is -0.142. The fraction of sp³-hybridized carbons (Fsp3) is 0.450. The van der Waals surface area contributed by atoms with Crippen LogP contribution in [0.15, 0.2) is 57.3 Å². The van der Waals surface area contributed by atoms with Crippen molar-refractivity contribution in [2.24, 2.45) is 5.11 Å². The molecule has 6 atom stereocenters. The van der Waals surface area contributed by atoms with E-state index >= 15 is 0 Å². The van der Waals surface area contributed by atoms with Crippen LogP contribution in [0.3, 0.4) is 0 Å². The third kappa shape index (κ3) is 5.85. The first-order valence-corrected chi connectivity index (χ1v) is 12.1. The van der Waals surface area contributed by atoms with Gasteiger partial charge in [0, 0.05) is 17.2 Å². The molecule has 2 aromatic rings. The highest BCUT2D eigenvalue weighted by molar-refractivity contribution is 7.52. The summed E-state index contributed by atoms with van der Waals surface area (Å²) >= 11 is 0. The third-order valence-corrected chi connectivity index (χ3v) is 7.05. The highest BCUT2D eigenvalue weighted by Crippen LogP contribution is 2.47. The molecule has 15 nitrogen and oxygen atoms in total. The summed E-state index contributed by atoms with van der Waals surface area (Å²) in [6.45, 7) is 2.16. The van der Waals surface area contributed by atoms with Crippen molar-refractivity contribution in [2.75, 3.05) is 13.7 Å². The van der Waals surface area contributed by atoms with Crippen LogP contribution in [0.25, 0.3) is 10.4 Å². The van der Waals surface area contributed by atoms with E-state index in [2.05, 4.69) is 24.8 Å². The van der Waals surface area contributed by atoms with E-state index in [1.807, 2.05) is 0 Å². The molecule has 0 radical (unpaired) electrons. The Bertz CT molecular complexity index is 1290. The number of nitrogens with zero attached hydrogens (tertiary/aromatic N) is 4. The Hall–Kier alpha value is -3.45. The largest absolute Gasteiger partial charge is 0.468 e. The number of rotatable bonds is 10. The molecule has 3 N–H and O–H groups in total. The van der Waals surface area contributed by atoms with Crippen molar-refractivity contribution >= 4 is 13.7 Å². The maximum atomic E-state index is 13.5. The zero-order valence-corrected chi connectivity index (χ0v) is 20.4. The van der Waals surface area contributed by atoms with E-state index < -0.39 is 61.6 Å². The topological polar surface area (TPSA) is 207 Å². The predicted molar refractivity (Wildman–Crippen MR) is 124 cm³/mol. The minimum atomic E-state index is -4.27. The maximum Gasteiger partial charge on any atom is 0.459 e. The first-order valence-electron chi connectivity index (χ1n) is 10.6. The average molecular weight is 524 g/mol. The zero-order valence-electron chi connectivity index (χ0n) is 19.5. The van der Waals surface area contributed by atoms with Crippen LogP contribution in [0.2, 0.25) is 0 Å². The number of carbonyl (C=O) groups is 1. The third-order valence-electron chi connectivity index (χ3n) is 5.40. The lowest BCUT2D eigenvalue weighted by Gasteiger charge is -2.28. The number of nitrogens with one attached hydrogen (secondary N) is 2. The van der Waals surface area contributed by atoms with Gasteiger partial charge in [0.25, 0.3) is 5.56 Å². The van der Waals surface area contributed by atoms with Crippen molar-refractivity contribution in [3.8, 4) is 5.75 Å². The number of hydrogen-bond acceptors (Lipinski definition) is 10. The molecule has 0 amide bonds. The van der Waals surface area contributed by atoms with Crippen LogP contribution >= 0.6 is 7.75 Å². The van der Waals surface area contributed by atoms with Crippen LogP contribution < -0.4 is 20.9 Å². The number of benzene rings is 1. The zero-order chi connectivity index (χ0) is 26.5. The summed E-state index contributed by atoms with van der Waals surface area (Å²) in [5, 5.41) is 17.0. The van der Waals surface area contributed by atoms with Gasteiger partial charge in [-0.2, -0.15) is 5.09 Å². The Balaban J connectivity index is 1.88. The monoisotopic (exact) mass is 524 g/mol. The van der Waals surface area contributed by atoms with Crippen LogP contribution in [0.5, 0.6) is 5.75 Å². The standard InChI is InChI=1S/C20H25N6O9P/c1-12(17(29)32-3)23-36(31,35-13-7-5-4-6-8-13)33-11-14-16(28)20(2,24-25-21)18(34-14)26-10-9-15(27)22-19(26)30/h4-10,12,14,16,18,28H,11H2,1-3H3,(H,23,31)(H,22,27,30)/t12-,14+,16+,18?,20+,36?/m0/s1. The van der Waals surface area contributed by atoms with E-state index in [-0.39, 0.29) is 5.75 Å². The average Bonchev–Trinajstić information content (AvgIpc) is 3.08. The van der Waals surface area contributed by atoms with E-state index in [9.17, 15) is 24.1 Å². The molecule has 1 aliphatic heterocycles. The Morgan fingerprint density at radius 1 is 1.39 bits per heavy atom. The normalized spacial score (nSPS) is 25.8. The molecule has 0 bridgehead atoms. The van der Waals surface area contributed by atoms with Gasteiger partial charge >= 0.3 is 19.4 Å². The quantitative estimate of drug-likeness (QED) is 0.133. The lowest BCUT2D eigenvalue weighted by Crippen LogP contribution is -2.45. The van der Waals surface area contributed by atoms with Crippen LogP contribution in [0, 0.1) is 0 Å². The van der Waals surface area contributed by atoms with E-state index in [0.717, 1.165) is 23.9 Å². The number of aromatic nitrogens is 2. The van der Waals surface area contributed by atoms with Crippen LogP contribution in [0.1, 0.15) is 20.1 Å². The van der Waals surface area contributed by atoms with Gasteiger partial charge in [-0.25, -0.2) is 9.36 Å². The van der Waals surface area contributed by atoms with Crippen molar-refractivity contribution in [3.63, 3.8) is 0 Å². The van der Waals surface area contributed by atoms with Crippen LogP contribution in [-0.4, -0.2) is 58.1 Å². The summed E-state index contributed by atoms with van der Waals surface area (Å²) in [6, 6.07) is 7.95. The van der Waals surface area contributed by atoms with E-state index in [1.54, 1.807) is 18.2 Å². The molecule has 16 heteroatoms. The Morgan fingerprint density at radius 2 is 2.08 bits per heavy atom. The minimum absolute atomic E-state index is 0.162. The number of ether oxygens (including phenoxy) is 2. The van der Waals surface area contributed by atoms with Crippen molar-refractivity contribution in [2.45, 2.75) is 43.9 Å². The van der Waals surface area contributed by atoms with E-state index in [1.165, 1.54) is 26.0 Å². The molecule has 0 spiro atoms. The predicted octanol–water partition coefficient (Wildman–Crippen LogP) is 1.22. The second-order valence-corrected chi connectivity index (χ2v) is 9.67. The Morgan fingerprint density at radius 3 is 2.69 bits per heavy atom. The van der Waals surface area contributed by atoms with Gasteiger partial charge in [0.2, 0.25) is 0 Å². The Kier molecular flexibility index (Phi) is 8.35. The van der Waals surface area contributed by atoms with Crippen molar-refractivity contribution < 1.29 is 33.0 Å². The van der Waals surface area contributed by atoms with Gasteiger partial charge in [-0.05, 0) is 31.5 Å². The molecule has 0 saturated carbocycles. The van der Waals surface area contributed by atoms with Crippen LogP contribution in [0.4, 0.5) is 0 Å². The van der Waals surface area contributed by atoms with E-state index in [4.69, 9.17) is 19.3 Å². The van der Waals surface area contributed by atoms with Gasteiger partial charge in [-0.1, -0.05) is 23.3 Å². The molecule has 194 valence electrons.